The summed E-state index contributed by atoms with van der Waals surface area (Å²) in [6, 6.07) is 26.2. The maximum absolute atomic E-state index is 13.4. The molecule has 6 aromatic rings. The first-order valence-electron chi connectivity index (χ1n) is 36.2. The molecule has 2 atom stereocenters. The number of carbonyl (C=O) groups excluding carboxylic acids is 7. The molecule has 7 amide bonds. The minimum atomic E-state index is -0.983. The second kappa shape index (κ2) is 36.3. The molecule has 2 aromatic carbocycles. The fraction of sp³-hybridized carbons (Fsp3) is 0.468. The molecule has 6 fully saturated rings. The molecule has 8 heterocycles. The van der Waals surface area contributed by atoms with E-state index in [1.165, 1.54) is 24.7 Å². The second-order valence-corrected chi connectivity index (χ2v) is 30.9. The summed E-state index contributed by atoms with van der Waals surface area (Å²) in [7, 11) is 0. The molecule has 4 aliphatic heterocycles. The summed E-state index contributed by atoms with van der Waals surface area (Å²) in [5.41, 5.74) is 7.14. The molecule has 110 heavy (non-hydrogen) atoms. The molecule has 4 aromatic heterocycles. The molecule has 0 spiro atoms. The Labute approximate surface area is 650 Å². The molecule has 2 saturated carbocycles. The quantitative estimate of drug-likeness (QED) is 0.0236. The van der Waals surface area contributed by atoms with E-state index in [2.05, 4.69) is 128 Å². The van der Waals surface area contributed by atoms with E-state index in [1.54, 1.807) is 72.9 Å². The third-order valence-electron chi connectivity index (χ3n) is 20.9. The summed E-state index contributed by atoms with van der Waals surface area (Å²) in [5.74, 6) is 0.134. The van der Waals surface area contributed by atoms with Gasteiger partial charge < -0.3 is 55.5 Å². The zero-order valence-electron chi connectivity index (χ0n) is 62.2. The first kappa shape index (κ1) is 83.5. The molecule has 2 aliphatic carbocycles. The highest BCUT2D eigenvalue weighted by molar-refractivity contribution is 6.32. The molecule has 31 heteroatoms. The SMILES string of the molecule is C.CC1(C)C(N)C(C)(C)C1Oc1ccc(C#N)c(Cl)c1.CC1(C)C(NC(=O)c2ccc(N3CCN(CCCOc4ccc(C(=O)NC5CCC(=O)NC5=O)nc4)CC3)nc2)C(C)(C)C1Oc1ccc(C#N)c(Cl)c1.O=C1CCC(NC(=O)c2ccc(OCCCN3CCN(c4ccc(C(=O)O)cn4)CC3)cn2)C(=O)N1. The standard InChI is InChI=1S/C39H45ClN8O6.C24H28N6O6.C15H19ClN2O.CH4/c1-38(2)36(39(3,4)37(38)54-26-8-6-24(21-41)28(40)20-26)46-33(50)25-7-12-31(43-22-25)48-17-15-47(16-18-48)14-5-19-53-27-9-10-29(42-23-27)34(51)44-30-11-13-32(49)45-35(30)52;31-21-7-5-19(23(33)28-21)27-22(32)18-4-3-17(15-25-18)36-13-1-8-29-9-11-30(12-10-29)20-6-2-16(14-26-20)24(34)35;1-14(2)12(18)15(3,4)13(14)19-10-6-5-9(8-17)11(16)7-10;/h6-10,12,20,22-23,30,36-37H,5,11,13-19H2,1-4H3,(H,44,51)(H,46,50)(H,45,49,52);2-4,6,14-15,19H,1,5,7-13H2,(H,27,32)(H,34,35)(H,28,31,33);5-7,12-13H,18H2,1-4H3;1H4. The number of imide groups is 2. The van der Waals surface area contributed by atoms with Gasteiger partial charge in [0.25, 0.3) is 17.7 Å². The van der Waals surface area contributed by atoms with Crippen molar-refractivity contribution in [1.29, 1.82) is 10.5 Å². The van der Waals surface area contributed by atoms with Crippen LogP contribution in [0.5, 0.6) is 23.0 Å². The van der Waals surface area contributed by atoms with Crippen LogP contribution < -0.4 is 61.1 Å². The van der Waals surface area contributed by atoms with Crippen molar-refractivity contribution in [2.24, 2.45) is 27.4 Å². The predicted octanol–water partition coefficient (Wildman–Crippen LogP) is 8.03. The highest BCUT2D eigenvalue weighted by Crippen LogP contribution is 2.56. The van der Waals surface area contributed by atoms with Gasteiger partial charge in [-0.3, -0.25) is 54.0 Å². The third kappa shape index (κ3) is 20.3. The van der Waals surface area contributed by atoms with Gasteiger partial charge in [0.05, 0.1) is 57.9 Å². The number of carboxylic acids is 1. The van der Waals surface area contributed by atoms with Crippen LogP contribution in [0.15, 0.2) is 110 Å². The van der Waals surface area contributed by atoms with E-state index in [4.69, 9.17) is 58.3 Å². The van der Waals surface area contributed by atoms with Crippen molar-refractivity contribution in [3.05, 3.63) is 153 Å². The number of piperidine rings is 2. The van der Waals surface area contributed by atoms with E-state index >= 15 is 0 Å². The highest BCUT2D eigenvalue weighted by Gasteiger charge is 2.64. The average Bonchev–Trinajstić information content (AvgIpc) is 0.716. The predicted molar refractivity (Wildman–Crippen MR) is 411 cm³/mol. The summed E-state index contributed by atoms with van der Waals surface area (Å²) in [6.45, 7) is 26.2. The van der Waals surface area contributed by atoms with E-state index in [9.17, 15) is 43.6 Å². The second-order valence-electron chi connectivity index (χ2n) is 30.1. The number of halogens is 2. The highest BCUT2D eigenvalue weighted by atomic mass is 35.5. The molecule has 29 nitrogen and oxygen atoms in total. The Bertz CT molecular complexity index is 4350. The number of aromatic carboxylic acids is 1. The molecule has 8 N–H and O–H groups in total. The van der Waals surface area contributed by atoms with Gasteiger partial charge in [0, 0.05) is 137 Å². The number of hydrogen-bond acceptors (Lipinski definition) is 23. The molecule has 584 valence electrons. The van der Waals surface area contributed by atoms with Gasteiger partial charge in [-0.1, -0.05) is 86.0 Å². The number of carbonyl (C=O) groups is 8. The Kier molecular flexibility index (Phi) is 27.6. The lowest BCUT2D eigenvalue weighted by Gasteiger charge is -2.63. The Morgan fingerprint density at radius 3 is 1.29 bits per heavy atom. The van der Waals surface area contributed by atoms with Crippen molar-refractivity contribution in [3.8, 4) is 35.1 Å². The van der Waals surface area contributed by atoms with Crippen molar-refractivity contribution in [1.82, 2.24) is 56.3 Å². The Hall–Kier alpha value is -10.6. The minimum absolute atomic E-state index is 0. The van der Waals surface area contributed by atoms with Gasteiger partial charge in [0.15, 0.2) is 0 Å². The molecular formula is C79H96Cl2N16O13. The number of nitrogens with zero attached hydrogens (tertiary/aromatic N) is 10. The first-order valence-corrected chi connectivity index (χ1v) is 37.0. The number of aromatic nitrogens is 4. The number of pyridine rings is 4. The van der Waals surface area contributed by atoms with Crippen molar-refractivity contribution in [3.63, 3.8) is 0 Å². The summed E-state index contributed by atoms with van der Waals surface area (Å²) in [5, 5.41) is 40.6. The van der Waals surface area contributed by atoms with Gasteiger partial charge in [-0.25, -0.2) is 24.7 Å². The van der Waals surface area contributed by atoms with Gasteiger partial charge in [-0.2, -0.15) is 10.5 Å². The molecule has 6 aliphatic rings. The number of nitrogens with one attached hydrogen (secondary N) is 5. The van der Waals surface area contributed by atoms with Crippen LogP contribution in [0.4, 0.5) is 11.6 Å². The maximum Gasteiger partial charge on any atom is 0.337 e. The molecule has 0 radical (unpaired) electrons. The fourth-order valence-electron chi connectivity index (χ4n) is 15.1. The van der Waals surface area contributed by atoms with Crippen molar-refractivity contribution in [2.75, 3.05) is 88.5 Å². The van der Waals surface area contributed by atoms with Crippen molar-refractivity contribution in [2.45, 2.75) is 138 Å². The average molecular weight is 1550 g/mol. The number of rotatable bonds is 23. The normalized spacial score (nSPS) is 21.5. The summed E-state index contributed by atoms with van der Waals surface area (Å²) in [4.78, 5) is 122. The lowest BCUT2D eigenvalue weighted by molar-refractivity contribution is -0.164. The maximum atomic E-state index is 13.4. The molecule has 4 saturated heterocycles. The van der Waals surface area contributed by atoms with Crippen molar-refractivity contribution >= 4 is 82.2 Å². The number of nitriles is 2. The van der Waals surface area contributed by atoms with Gasteiger partial charge in [-0.15, -0.1) is 0 Å². The number of benzene rings is 2. The third-order valence-corrected chi connectivity index (χ3v) is 21.5. The topological polar surface area (TPSA) is 392 Å². The Morgan fingerprint density at radius 2 is 0.936 bits per heavy atom. The van der Waals surface area contributed by atoms with E-state index in [0.717, 1.165) is 89.9 Å². The van der Waals surface area contributed by atoms with Gasteiger partial charge >= 0.3 is 5.97 Å². The van der Waals surface area contributed by atoms with Crippen molar-refractivity contribution < 1.29 is 62.4 Å². The Morgan fingerprint density at radius 1 is 0.536 bits per heavy atom. The minimum Gasteiger partial charge on any atom is -0.492 e. The Balaban J connectivity index is 0.000000212. The van der Waals surface area contributed by atoms with E-state index < -0.39 is 41.7 Å². The van der Waals surface area contributed by atoms with Gasteiger partial charge in [0.1, 0.15) is 82.5 Å². The molecule has 0 bridgehead atoms. The molecule has 12 rings (SSSR count). The van der Waals surface area contributed by atoms with Crippen LogP contribution in [0.3, 0.4) is 0 Å². The number of anilines is 2. The lowest BCUT2D eigenvalue weighted by atomic mass is 9.49. The number of ether oxygens (including phenoxy) is 4. The van der Waals surface area contributed by atoms with Gasteiger partial charge in [-0.05, 0) is 98.5 Å². The largest absolute Gasteiger partial charge is 0.492 e. The number of carboxylic acid groups (broad SMARTS) is 1. The number of piperazine rings is 2. The van der Waals surface area contributed by atoms with E-state index in [1.807, 2.05) is 18.2 Å². The van der Waals surface area contributed by atoms with Crippen LogP contribution in [0, 0.1) is 44.3 Å². The van der Waals surface area contributed by atoms with E-state index in [0.29, 0.717) is 62.9 Å². The van der Waals surface area contributed by atoms with Gasteiger partial charge in [0.2, 0.25) is 23.6 Å². The molecule has 2 unspecified atom stereocenters. The molecular weight excluding hydrogens is 1450 g/mol. The summed E-state index contributed by atoms with van der Waals surface area (Å²) >= 11 is 12.2. The van der Waals surface area contributed by atoms with Crippen LogP contribution in [0.2, 0.25) is 10.0 Å². The number of hydrogen-bond donors (Lipinski definition) is 7. The van der Waals surface area contributed by atoms with Crippen LogP contribution in [-0.2, 0) is 19.2 Å². The van der Waals surface area contributed by atoms with Crippen LogP contribution in [0.25, 0.3) is 0 Å². The zero-order valence-corrected chi connectivity index (χ0v) is 63.7. The summed E-state index contributed by atoms with van der Waals surface area (Å²) in [6.07, 6.45) is 8.33. The number of nitrogens with two attached hydrogens (primary N) is 1. The van der Waals surface area contributed by atoms with Crippen LogP contribution >= 0.6 is 23.2 Å². The lowest BCUT2D eigenvalue weighted by Crippen LogP contribution is -2.74. The number of amides is 7. The smallest absolute Gasteiger partial charge is 0.337 e. The van der Waals surface area contributed by atoms with Crippen LogP contribution in [-0.4, -0.2) is 197 Å². The fourth-order valence-corrected chi connectivity index (χ4v) is 15.6. The first-order chi connectivity index (χ1) is 51.8. The van der Waals surface area contributed by atoms with Crippen LogP contribution in [0.1, 0.15) is 154 Å². The monoisotopic (exact) mass is 1550 g/mol. The summed E-state index contributed by atoms with van der Waals surface area (Å²) < 4.78 is 24.0. The van der Waals surface area contributed by atoms with E-state index in [-0.39, 0.29) is 114 Å². The zero-order chi connectivity index (χ0) is 78.5.